The van der Waals surface area contributed by atoms with E-state index in [0.29, 0.717) is 32.8 Å². The lowest BCUT2D eigenvalue weighted by atomic mass is 9.90. The van der Waals surface area contributed by atoms with E-state index in [1.165, 1.54) is 5.56 Å². The Balaban J connectivity index is 1.58. The summed E-state index contributed by atoms with van der Waals surface area (Å²) in [6.45, 7) is 3.17. The summed E-state index contributed by atoms with van der Waals surface area (Å²) in [7, 11) is 0. The molecule has 0 saturated heterocycles. The van der Waals surface area contributed by atoms with Crippen molar-refractivity contribution in [1.82, 2.24) is 0 Å². The molecule has 2 rings (SSSR count). The van der Waals surface area contributed by atoms with Gasteiger partial charge in [0.1, 0.15) is 0 Å². The van der Waals surface area contributed by atoms with Gasteiger partial charge in [0, 0.05) is 18.6 Å². The Morgan fingerprint density at radius 2 is 1.83 bits per heavy atom. The van der Waals surface area contributed by atoms with Gasteiger partial charge in [-0.2, -0.15) is 0 Å². The average molecular weight is 340 g/mol. The van der Waals surface area contributed by atoms with Crippen molar-refractivity contribution in [2.45, 2.75) is 45.0 Å². The zero-order valence-electron chi connectivity index (χ0n) is 14.5. The predicted octanol–water partition coefficient (Wildman–Crippen LogP) is 3.13. The maximum Gasteiger partial charge on any atom is 0.0992 e. The summed E-state index contributed by atoms with van der Waals surface area (Å²) < 4.78 is 30.4. The first kappa shape index (κ1) is 19.3. The highest BCUT2D eigenvalue weighted by molar-refractivity contribution is 5.13. The number of aliphatic hydroxyl groups is 1. The number of alkyl halides is 1. The van der Waals surface area contributed by atoms with Crippen LogP contribution >= 0.6 is 0 Å². The zero-order valence-corrected chi connectivity index (χ0v) is 14.5. The SMILES string of the molecule is CC(CF)(COCCCO)COC1CC(OCc2ccccc2)C1. The molecule has 1 aromatic rings. The molecule has 1 aliphatic carbocycles. The van der Waals surface area contributed by atoms with Crippen molar-refractivity contribution in [2.24, 2.45) is 5.41 Å². The van der Waals surface area contributed by atoms with Crippen molar-refractivity contribution in [3.05, 3.63) is 35.9 Å². The van der Waals surface area contributed by atoms with Gasteiger partial charge < -0.3 is 19.3 Å². The van der Waals surface area contributed by atoms with Crippen molar-refractivity contribution in [3.8, 4) is 0 Å². The van der Waals surface area contributed by atoms with Crippen molar-refractivity contribution in [2.75, 3.05) is 33.1 Å². The summed E-state index contributed by atoms with van der Waals surface area (Å²) in [6, 6.07) is 10.1. The molecule has 1 aromatic carbocycles. The van der Waals surface area contributed by atoms with Crippen molar-refractivity contribution in [1.29, 1.82) is 0 Å². The normalized spacial score (nSPS) is 22.8. The van der Waals surface area contributed by atoms with E-state index in [4.69, 9.17) is 19.3 Å². The second kappa shape index (κ2) is 10.1. The Hall–Kier alpha value is -1.01. The van der Waals surface area contributed by atoms with Crippen molar-refractivity contribution in [3.63, 3.8) is 0 Å². The minimum atomic E-state index is -0.620. The maximum atomic E-state index is 13.3. The number of hydrogen-bond acceptors (Lipinski definition) is 4. The molecule has 0 radical (unpaired) electrons. The molecule has 0 aliphatic heterocycles. The standard InChI is InChI=1S/C19H29FO4/c1-19(13-20,14-22-9-5-8-21)15-24-18-10-17(11-18)23-12-16-6-3-2-4-7-16/h2-4,6-7,17-18,21H,5,8-15H2,1H3. The van der Waals surface area contributed by atoms with Crippen LogP contribution in [-0.2, 0) is 20.8 Å². The first-order valence-corrected chi connectivity index (χ1v) is 8.67. The van der Waals surface area contributed by atoms with E-state index in [0.717, 1.165) is 12.8 Å². The van der Waals surface area contributed by atoms with E-state index in [2.05, 4.69) is 12.1 Å². The molecule has 1 aliphatic rings. The molecule has 24 heavy (non-hydrogen) atoms. The summed E-state index contributed by atoms with van der Waals surface area (Å²) in [5.41, 5.74) is 0.553. The van der Waals surface area contributed by atoms with Crippen LogP contribution in [0.5, 0.6) is 0 Å². The highest BCUT2D eigenvalue weighted by Gasteiger charge is 2.34. The van der Waals surface area contributed by atoms with E-state index in [-0.39, 0.29) is 18.8 Å². The molecule has 1 saturated carbocycles. The van der Waals surface area contributed by atoms with Crippen LogP contribution in [-0.4, -0.2) is 50.4 Å². The Bertz CT molecular complexity index is 450. The number of benzene rings is 1. The lowest BCUT2D eigenvalue weighted by molar-refractivity contribution is -0.131. The van der Waals surface area contributed by atoms with Gasteiger partial charge in [-0.3, -0.25) is 4.39 Å². The van der Waals surface area contributed by atoms with Gasteiger partial charge in [-0.25, -0.2) is 0 Å². The molecule has 136 valence electrons. The smallest absolute Gasteiger partial charge is 0.0992 e. The summed E-state index contributed by atoms with van der Waals surface area (Å²) in [5.74, 6) is 0. The third-order valence-corrected chi connectivity index (χ3v) is 4.27. The van der Waals surface area contributed by atoms with Crippen LogP contribution in [0.3, 0.4) is 0 Å². The molecular formula is C19H29FO4. The Morgan fingerprint density at radius 1 is 1.12 bits per heavy atom. The summed E-state index contributed by atoms with van der Waals surface area (Å²) in [6.07, 6.45) is 2.68. The number of ether oxygens (including phenoxy) is 3. The van der Waals surface area contributed by atoms with E-state index < -0.39 is 12.1 Å². The minimum absolute atomic E-state index is 0.0925. The third-order valence-electron chi connectivity index (χ3n) is 4.27. The van der Waals surface area contributed by atoms with Crippen molar-refractivity contribution >= 4 is 0 Å². The van der Waals surface area contributed by atoms with Gasteiger partial charge in [0.05, 0.1) is 38.7 Å². The molecule has 0 heterocycles. The molecule has 0 amide bonds. The Labute approximate surface area is 143 Å². The Morgan fingerprint density at radius 3 is 2.50 bits per heavy atom. The number of hydrogen-bond donors (Lipinski definition) is 1. The summed E-state index contributed by atoms with van der Waals surface area (Å²) in [4.78, 5) is 0. The maximum absolute atomic E-state index is 13.3. The Kier molecular flexibility index (Phi) is 8.12. The molecule has 1 atom stereocenters. The topological polar surface area (TPSA) is 47.9 Å². The molecule has 0 spiro atoms. The van der Waals surface area contributed by atoms with Gasteiger partial charge in [-0.1, -0.05) is 37.3 Å². The molecule has 0 bridgehead atoms. The molecular weight excluding hydrogens is 311 g/mol. The monoisotopic (exact) mass is 340 g/mol. The lowest BCUT2D eigenvalue weighted by Gasteiger charge is -2.37. The fraction of sp³-hybridized carbons (Fsp3) is 0.684. The van der Waals surface area contributed by atoms with E-state index in [1.807, 2.05) is 25.1 Å². The zero-order chi connectivity index (χ0) is 17.3. The van der Waals surface area contributed by atoms with Gasteiger partial charge in [-0.15, -0.1) is 0 Å². The van der Waals surface area contributed by atoms with Crippen LogP contribution in [0, 0.1) is 5.41 Å². The van der Waals surface area contributed by atoms with Crippen LogP contribution in [0.4, 0.5) is 4.39 Å². The quantitative estimate of drug-likeness (QED) is 0.594. The van der Waals surface area contributed by atoms with Gasteiger partial charge in [0.25, 0.3) is 0 Å². The molecule has 5 heteroatoms. The first-order valence-electron chi connectivity index (χ1n) is 8.67. The van der Waals surface area contributed by atoms with Gasteiger partial charge in [0.2, 0.25) is 0 Å². The first-order chi connectivity index (χ1) is 11.6. The second-order valence-corrected chi connectivity index (χ2v) is 6.90. The van der Waals surface area contributed by atoms with Crippen LogP contribution in [0.15, 0.2) is 30.3 Å². The van der Waals surface area contributed by atoms with Crippen LogP contribution in [0.25, 0.3) is 0 Å². The van der Waals surface area contributed by atoms with Gasteiger partial charge >= 0.3 is 0 Å². The molecule has 1 fully saturated rings. The fourth-order valence-electron chi connectivity index (χ4n) is 2.50. The predicted molar refractivity (Wildman–Crippen MR) is 90.6 cm³/mol. The largest absolute Gasteiger partial charge is 0.396 e. The molecule has 4 nitrogen and oxygen atoms in total. The van der Waals surface area contributed by atoms with Crippen LogP contribution in [0.2, 0.25) is 0 Å². The van der Waals surface area contributed by atoms with Gasteiger partial charge in [-0.05, 0) is 24.8 Å². The van der Waals surface area contributed by atoms with Crippen LogP contribution in [0.1, 0.15) is 31.7 Å². The van der Waals surface area contributed by atoms with Crippen molar-refractivity contribution < 1.29 is 23.7 Å². The molecule has 1 N–H and O–H groups in total. The highest BCUT2D eigenvalue weighted by atomic mass is 19.1. The third kappa shape index (κ3) is 6.48. The number of halogens is 1. The number of aliphatic hydroxyl groups excluding tert-OH is 1. The fourth-order valence-corrected chi connectivity index (χ4v) is 2.50. The average Bonchev–Trinajstić information content (AvgIpc) is 2.58. The van der Waals surface area contributed by atoms with Gasteiger partial charge in [0.15, 0.2) is 0 Å². The number of rotatable bonds is 12. The second-order valence-electron chi connectivity index (χ2n) is 6.90. The van der Waals surface area contributed by atoms with E-state index >= 15 is 0 Å². The molecule has 1 unspecified atom stereocenters. The van der Waals surface area contributed by atoms with E-state index in [1.54, 1.807) is 0 Å². The van der Waals surface area contributed by atoms with Crippen LogP contribution < -0.4 is 0 Å². The lowest BCUT2D eigenvalue weighted by Crippen LogP contribution is -2.41. The van der Waals surface area contributed by atoms with E-state index in [9.17, 15) is 4.39 Å². The minimum Gasteiger partial charge on any atom is -0.396 e. The summed E-state index contributed by atoms with van der Waals surface area (Å²) >= 11 is 0. The highest BCUT2D eigenvalue weighted by Crippen LogP contribution is 2.29. The summed E-state index contributed by atoms with van der Waals surface area (Å²) in [5, 5.41) is 8.72. The molecule has 0 aromatic heterocycles.